The van der Waals surface area contributed by atoms with Crippen molar-refractivity contribution in [3.05, 3.63) is 35.9 Å². The number of nitrogens with zero attached hydrogens (tertiary/aromatic N) is 1. The molecule has 0 aliphatic carbocycles. The summed E-state index contributed by atoms with van der Waals surface area (Å²) in [7, 11) is 1.93. The van der Waals surface area contributed by atoms with Crippen LogP contribution in [0.3, 0.4) is 0 Å². The van der Waals surface area contributed by atoms with Gasteiger partial charge in [-0.05, 0) is 19.5 Å². The maximum Gasteiger partial charge on any atom is 0.156 e. The lowest BCUT2D eigenvalue weighted by molar-refractivity contribution is -0.159. The maximum absolute atomic E-state index is 10.4. The fourth-order valence-corrected chi connectivity index (χ4v) is 2.64. The Kier molecular flexibility index (Phi) is 3.20. The number of aliphatic hydroxyl groups is 2. The van der Waals surface area contributed by atoms with E-state index in [1.807, 2.05) is 42.3 Å². The first kappa shape index (κ1) is 13.1. The Morgan fingerprint density at radius 1 is 1.33 bits per heavy atom. The van der Waals surface area contributed by atoms with E-state index in [0.717, 1.165) is 5.56 Å². The van der Waals surface area contributed by atoms with Gasteiger partial charge in [-0.15, -0.1) is 6.42 Å². The first-order valence-corrected chi connectivity index (χ1v) is 6.07. The molecule has 1 fully saturated rings. The molecule has 1 aromatic rings. The van der Waals surface area contributed by atoms with Gasteiger partial charge in [-0.1, -0.05) is 36.3 Å². The maximum atomic E-state index is 10.4. The molecule has 2 N–H and O–H groups in total. The summed E-state index contributed by atoms with van der Waals surface area (Å²) in [5, 5.41) is 20.7. The van der Waals surface area contributed by atoms with E-state index in [1.54, 1.807) is 6.92 Å². The van der Waals surface area contributed by atoms with Gasteiger partial charge in [0, 0.05) is 19.0 Å². The van der Waals surface area contributed by atoms with Crippen molar-refractivity contribution in [2.24, 2.45) is 0 Å². The summed E-state index contributed by atoms with van der Waals surface area (Å²) < 4.78 is 0. The number of terminal acetylenes is 1. The topological polar surface area (TPSA) is 43.7 Å². The fourth-order valence-electron chi connectivity index (χ4n) is 2.64. The normalized spacial score (nSPS) is 37.2. The first-order valence-electron chi connectivity index (χ1n) is 6.07. The van der Waals surface area contributed by atoms with Crippen molar-refractivity contribution < 1.29 is 10.2 Å². The zero-order valence-electron chi connectivity index (χ0n) is 10.8. The molecule has 0 unspecified atom stereocenters. The van der Waals surface area contributed by atoms with Crippen molar-refractivity contribution in [1.82, 2.24) is 4.90 Å². The van der Waals surface area contributed by atoms with E-state index in [9.17, 15) is 10.2 Å². The van der Waals surface area contributed by atoms with E-state index in [4.69, 9.17) is 6.42 Å². The van der Waals surface area contributed by atoms with Gasteiger partial charge in [0.2, 0.25) is 0 Å². The van der Waals surface area contributed by atoms with Crippen molar-refractivity contribution >= 4 is 0 Å². The quantitative estimate of drug-likeness (QED) is 0.730. The Labute approximate surface area is 108 Å². The molecular formula is C15H19NO2. The molecule has 0 amide bonds. The first-order chi connectivity index (χ1) is 8.39. The van der Waals surface area contributed by atoms with Gasteiger partial charge in [0.05, 0.1) is 0 Å². The predicted octanol–water partition coefficient (Wildman–Crippen LogP) is 1.18. The molecule has 0 spiro atoms. The number of β-amino-alcohol motifs (C(OH)–C–C–N with tert-alkyl or cyclic N) is 1. The molecule has 3 atom stereocenters. The van der Waals surface area contributed by atoms with E-state index < -0.39 is 11.2 Å². The van der Waals surface area contributed by atoms with Crippen molar-refractivity contribution in [3.63, 3.8) is 0 Å². The monoisotopic (exact) mass is 245 g/mol. The minimum Gasteiger partial charge on any atom is -0.385 e. The van der Waals surface area contributed by atoms with Gasteiger partial charge in [0.25, 0.3) is 0 Å². The highest BCUT2D eigenvalue weighted by molar-refractivity contribution is 5.27. The molecule has 3 heteroatoms. The highest BCUT2D eigenvalue weighted by Gasteiger charge is 2.51. The third-order valence-electron chi connectivity index (χ3n) is 3.89. The third kappa shape index (κ3) is 2.04. The summed E-state index contributed by atoms with van der Waals surface area (Å²) in [4.78, 5) is 2.03. The van der Waals surface area contributed by atoms with E-state index in [-0.39, 0.29) is 6.04 Å². The van der Waals surface area contributed by atoms with Crippen LogP contribution in [0.4, 0.5) is 0 Å². The lowest BCUT2D eigenvalue weighted by Gasteiger charge is -2.49. The van der Waals surface area contributed by atoms with Crippen LogP contribution in [-0.4, -0.2) is 39.9 Å². The smallest absolute Gasteiger partial charge is 0.156 e. The summed E-state index contributed by atoms with van der Waals surface area (Å²) in [5.74, 6) is 2.37. The highest BCUT2D eigenvalue weighted by Crippen LogP contribution is 2.40. The second kappa shape index (κ2) is 4.40. The summed E-state index contributed by atoms with van der Waals surface area (Å²) in [5.41, 5.74) is -1.67. The van der Waals surface area contributed by atoms with E-state index in [1.165, 1.54) is 0 Å². The molecule has 3 nitrogen and oxygen atoms in total. The Bertz CT molecular complexity index is 463. The number of hydrogen-bond acceptors (Lipinski definition) is 3. The van der Waals surface area contributed by atoms with Crippen molar-refractivity contribution in [1.29, 1.82) is 0 Å². The molecule has 0 aromatic heterocycles. The minimum atomic E-state index is -1.49. The van der Waals surface area contributed by atoms with Crippen LogP contribution in [0.2, 0.25) is 0 Å². The molecule has 1 saturated heterocycles. The number of likely N-dealkylation sites (N-methyl/N-ethyl adjacent to an activating group) is 1. The van der Waals surface area contributed by atoms with Crippen LogP contribution in [0.5, 0.6) is 0 Å². The standard InChI is InChI=1S/C15H19NO2/c1-4-15(18)10-13(12-8-6-5-7-9-12)16(3)11-14(15,2)17/h1,5-9,13,17-18H,10-11H2,2-3H3/t13-,14+,15+/m0/s1. The second-order valence-corrected chi connectivity index (χ2v) is 5.32. The highest BCUT2D eigenvalue weighted by atomic mass is 16.4. The number of benzene rings is 1. The molecule has 0 saturated carbocycles. The summed E-state index contributed by atoms with van der Waals surface area (Å²) >= 11 is 0. The van der Waals surface area contributed by atoms with Crippen LogP contribution >= 0.6 is 0 Å². The Hall–Kier alpha value is -1.34. The van der Waals surface area contributed by atoms with Crippen LogP contribution in [0.1, 0.15) is 24.9 Å². The van der Waals surface area contributed by atoms with Crippen LogP contribution in [0.15, 0.2) is 30.3 Å². The minimum absolute atomic E-state index is 0.0208. The molecule has 0 bridgehead atoms. The van der Waals surface area contributed by atoms with E-state index in [0.29, 0.717) is 13.0 Å². The van der Waals surface area contributed by atoms with Crippen molar-refractivity contribution in [2.45, 2.75) is 30.6 Å². The lowest BCUT2D eigenvalue weighted by atomic mass is 9.74. The molecule has 0 radical (unpaired) electrons. The average Bonchev–Trinajstić information content (AvgIpc) is 2.34. The van der Waals surface area contributed by atoms with Crippen LogP contribution in [0.25, 0.3) is 0 Å². The fraction of sp³-hybridized carbons (Fsp3) is 0.467. The van der Waals surface area contributed by atoms with Crippen LogP contribution < -0.4 is 0 Å². The SMILES string of the molecule is C#C[C@@]1(O)C[C@@H](c2ccccc2)N(C)C[C@@]1(C)O. The number of hydrogen-bond donors (Lipinski definition) is 2. The van der Waals surface area contributed by atoms with Gasteiger partial charge in [0.15, 0.2) is 5.60 Å². The van der Waals surface area contributed by atoms with Crippen LogP contribution in [-0.2, 0) is 0 Å². The lowest BCUT2D eigenvalue weighted by Crippen LogP contribution is -2.62. The molecule has 1 aliphatic heterocycles. The van der Waals surface area contributed by atoms with Gasteiger partial charge >= 0.3 is 0 Å². The van der Waals surface area contributed by atoms with Gasteiger partial charge < -0.3 is 10.2 Å². The Balaban J connectivity index is 2.34. The average molecular weight is 245 g/mol. The van der Waals surface area contributed by atoms with Gasteiger partial charge in [0.1, 0.15) is 5.60 Å². The summed E-state index contributed by atoms with van der Waals surface area (Å²) in [6, 6.07) is 9.93. The van der Waals surface area contributed by atoms with Crippen molar-refractivity contribution in [2.75, 3.05) is 13.6 Å². The number of rotatable bonds is 1. The largest absolute Gasteiger partial charge is 0.385 e. The molecule has 96 valence electrons. The zero-order chi connectivity index (χ0) is 13.4. The van der Waals surface area contributed by atoms with Crippen LogP contribution in [0, 0.1) is 12.3 Å². The van der Waals surface area contributed by atoms with Gasteiger partial charge in [-0.2, -0.15) is 0 Å². The number of piperidine rings is 1. The number of likely N-dealkylation sites (tertiary alicyclic amines) is 1. The van der Waals surface area contributed by atoms with Gasteiger partial charge in [-0.25, -0.2) is 0 Å². The Morgan fingerprint density at radius 3 is 2.50 bits per heavy atom. The molecule has 1 heterocycles. The molecule has 1 aliphatic rings. The van der Waals surface area contributed by atoms with Crippen molar-refractivity contribution in [3.8, 4) is 12.3 Å². The zero-order valence-corrected chi connectivity index (χ0v) is 10.8. The molecular weight excluding hydrogens is 226 g/mol. The van der Waals surface area contributed by atoms with E-state index >= 15 is 0 Å². The summed E-state index contributed by atoms with van der Waals surface area (Å²) in [6.07, 6.45) is 5.75. The molecule has 2 rings (SSSR count). The summed E-state index contributed by atoms with van der Waals surface area (Å²) in [6.45, 7) is 1.93. The second-order valence-electron chi connectivity index (χ2n) is 5.32. The third-order valence-corrected chi connectivity index (χ3v) is 3.89. The Morgan fingerprint density at radius 2 is 1.94 bits per heavy atom. The van der Waals surface area contributed by atoms with E-state index in [2.05, 4.69) is 5.92 Å². The molecule has 1 aromatic carbocycles. The molecule has 18 heavy (non-hydrogen) atoms. The predicted molar refractivity (Wildman–Crippen MR) is 70.8 cm³/mol. The van der Waals surface area contributed by atoms with Gasteiger partial charge in [-0.3, -0.25) is 4.90 Å².